The monoisotopic (exact) mass is 1090 g/mol. The molecule has 0 unspecified atom stereocenters. The maximum absolute atomic E-state index is 15.1. The Hall–Kier alpha value is -1.63. The molecule has 0 aromatic rings. The SMILES string of the molecule is C[C@@H]1O[C@@H](O[C@H]2[C@H](O)[C@@H](O)[C@H](OC[C@H]3O[C@@H](OC(=O)[C@]45CCC(C)(C)C[C@H]4C4=CC[C@@H]6[C@@]7(C)C[C@@H](O)[C@H](O)[C@@](C)(CO)[C@@H]7CC[C@@]6(C)[C@]4(C)CC5)[C@H](O)[C@@H](O)[C@@H]3O)O[C@@H]2CO)[C@H](O)[C@H](O[C@@H]2OC[C@@H](O)[C@H](O)[C@H]2O)[C@H]1O. The Kier molecular flexibility index (Phi) is 16.5. The number of rotatable bonds is 11. The van der Waals surface area contributed by atoms with Gasteiger partial charge in [0, 0.05) is 5.41 Å². The van der Waals surface area contributed by atoms with Crippen LogP contribution in [0.2, 0.25) is 0 Å². The molecular weight excluding hydrogens is 1000 g/mol. The standard InChI is InChI=1S/C53H86O23/c1-22-31(58)41(75-44-36(63)32(59)26(57)19-69-44)39(66)46(71-22)74-40-27(18-54)72-43(38(65)35(40)62)70-20-28-33(60)34(61)37(64)45(73-28)76-47(68)53-14-12-48(2,3)16-24(53)23-8-9-30-49(4)17-25(56)42(67)50(5,21-55)29(49)10-11-52(30,7)51(23,6)13-15-53/h8,22,24-46,54-67H,9-21H2,1-7H3/t22-,24-,25+,26+,27+,28+,29+,30+,31-,32-,33+,34-,35+,36+,37+,38+,39+,40+,41+,42-,43+,44-,45-,46-,49-,50-,51+,52+,53-/m0/s1. The van der Waals surface area contributed by atoms with Gasteiger partial charge in [0.1, 0.15) is 85.5 Å². The molecule has 4 aliphatic heterocycles. The summed E-state index contributed by atoms with van der Waals surface area (Å²) in [6.45, 7) is 12.3. The van der Waals surface area contributed by atoms with Gasteiger partial charge in [0.2, 0.25) is 6.29 Å². The van der Waals surface area contributed by atoms with Crippen LogP contribution in [0.15, 0.2) is 11.6 Å². The van der Waals surface area contributed by atoms with E-state index in [-0.39, 0.29) is 40.6 Å². The Balaban J connectivity index is 0.873. The largest absolute Gasteiger partial charge is 0.432 e. The lowest BCUT2D eigenvalue weighted by Gasteiger charge is -2.71. The first kappa shape index (κ1) is 59.0. The van der Waals surface area contributed by atoms with Crippen LogP contribution in [0.1, 0.15) is 106 Å². The van der Waals surface area contributed by atoms with E-state index in [4.69, 9.17) is 37.9 Å². The van der Waals surface area contributed by atoms with Gasteiger partial charge in [-0.15, -0.1) is 0 Å². The zero-order valence-electron chi connectivity index (χ0n) is 44.6. The van der Waals surface area contributed by atoms with Crippen LogP contribution in [0, 0.1) is 50.2 Å². The fraction of sp³-hybridized carbons (Fsp3) is 0.943. The van der Waals surface area contributed by atoms with Crippen LogP contribution in [0.3, 0.4) is 0 Å². The first-order valence-electron chi connectivity index (χ1n) is 27.3. The van der Waals surface area contributed by atoms with Crippen LogP contribution in [0.25, 0.3) is 0 Å². The predicted molar refractivity (Wildman–Crippen MR) is 258 cm³/mol. The number of aliphatic hydroxyl groups is 14. The molecule has 23 nitrogen and oxygen atoms in total. The summed E-state index contributed by atoms with van der Waals surface area (Å²) in [7, 11) is 0. The number of ether oxygens (including phenoxy) is 8. The zero-order valence-corrected chi connectivity index (χ0v) is 44.6. The Morgan fingerprint density at radius 3 is 1.96 bits per heavy atom. The summed E-state index contributed by atoms with van der Waals surface area (Å²) in [6, 6.07) is 0. The van der Waals surface area contributed by atoms with Gasteiger partial charge in [-0.25, -0.2) is 0 Å². The van der Waals surface area contributed by atoms with Crippen molar-refractivity contribution < 1.29 is 114 Å². The van der Waals surface area contributed by atoms with E-state index in [2.05, 4.69) is 40.7 Å². The van der Waals surface area contributed by atoms with Gasteiger partial charge in [-0.2, -0.15) is 0 Å². The second-order valence-electron chi connectivity index (χ2n) is 25.9. The lowest BCUT2D eigenvalue weighted by atomic mass is 9.33. The summed E-state index contributed by atoms with van der Waals surface area (Å²) in [5, 5.41) is 152. The Labute approximate surface area is 442 Å². The minimum Gasteiger partial charge on any atom is -0.432 e. The van der Waals surface area contributed by atoms with Gasteiger partial charge in [-0.3, -0.25) is 4.79 Å². The molecule has 0 spiro atoms. The average molecular weight is 1090 g/mol. The molecular formula is C53H86O23. The summed E-state index contributed by atoms with van der Waals surface area (Å²) in [6.07, 6.45) is -26.0. The van der Waals surface area contributed by atoms with Crippen LogP contribution in [0.5, 0.6) is 0 Å². The van der Waals surface area contributed by atoms with Gasteiger partial charge in [0.05, 0.1) is 50.2 Å². The van der Waals surface area contributed by atoms with E-state index in [0.29, 0.717) is 44.9 Å². The number of hydrogen-bond acceptors (Lipinski definition) is 23. The number of carbonyl (C=O) groups is 1. The minimum absolute atomic E-state index is 0.0282. The predicted octanol–water partition coefficient (Wildman–Crippen LogP) is -2.43. The third-order valence-corrected chi connectivity index (χ3v) is 21.1. The zero-order chi connectivity index (χ0) is 55.6. The highest BCUT2D eigenvalue weighted by molar-refractivity contribution is 5.79. The first-order valence-corrected chi connectivity index (χ1v) is 27.3. The summed E-state index contributed by atoms with van der Waals surface area (Å²) in [5.41, 5.74) is -1.92. The lowest BCUT2D eigenvalue weighted by Crippen LogP contribution is -2.68. The molecule has 0 bridgehead atoms. The normalized spacial score (nSPS) is 55.2. The van der Waals surface area contributed by atoms with Crippen LogP contribution in [0.4, 0.5) is 0 Å². The van der Waals surface area contributed by atoms with Crippen molar-refractivity contribution in [2.45, 2.75) is 235 Å². The number of hydrogen-bond donors (Lipinski definition) is 14. The van der Waals surface area contributed by atoms with Crippen molar-refractivity contribution in [3.05, 3.63) is 11.6 Å². The summed E-state index contributed by atoms with van der Waals surface area (Å²) >= 11 is 0. The fourth-order valence-electron chi connectivity index (χ4n) is 16.2. The fourth-order valence-corrected chi connectivity index (χ4v) is 16.2. The molecule has 9 rings (SSSR count). The van der Waals surface area contributed by atoms with Crippen LogP contribution in [-0.2, 0) is 42.7 Å². The van der Waals surface area contributed by atoms with Crippen molar-refractivity contribution >= 4 is 5.97 Å². The summed E-state index contributed by atoms with van der Waals surface area (Å²) in [5.74, 6) is -0.803. The second kappa shape index (κ2) is 21.3. The number of carbonyl (C=O) groups excluding carboxylic acids is 1. The van der Waals surface area contributed by atoms with E-state index in [0.717, 1.165) is 12.8 Å². The number of esters is 1. The Morgan fingerprint density at radius 2 is 1.28 bits per heavy atom. The molecule has 436 valence electrons. The van der Waals surface area contributed by atoms with Crippen molar-refractivity contribution in [1.82, 2.24) is 0 Å². The molecule has 23 heteroatoms. The van der Waals surface area contributed by atoms with Gasteiger partial charge in [0.25, 0.3) is 0 Å². The molecule has 29 atom stereocenters. The highest BCUT2D eigenvalue weighted by Crippen LogP contribution is 2.76. The van der Waals surface area contributed by atoms with Crippen LogP contribution in [-0.4, -0.2) is 233 Å². The van der Waals surface area contributed by atoms with Gasteiger partial charge in [-0.05, 0) is 104 Å². The van der Waals surface area contributed by atoms with Crippen molar-refractivity contribution in [3.8, 4) is 0 Å². The highest BCUT2D eigenvalue weighted by atomic mass is 16.8. The van der Waals surface area contributed by atoms with E-state index in [9.17, 15) is 71.5 Å². The molecule has 4 saturated carbocycles. The molecule has 0 aromatic heterocycles. The van der Waals surface area contributed by atoms with Gasteiger partial charge in [-0.1, -0.05) is 53.2 Å². The van der Waals surface area contributed by atoms with Crippen molar-refractivity contribution in [2.75, 3.05) is 26.4 Å². The molecule has 9 aliphatic rings. The third-order valence-electron chi connectivity index (χ3n) is 21.1. The van der Waals surface area contributed by atoms with Gasteiger partial charge < -0.3 is 109 Å². The van der Waals surface area contributed by atoms with Crippen LogP contribution < -0.4 is 0 Å². The number of fused-ring (bicyclic) bond motifs is 7. The molecule has 76 heavy (non-hydrogen) atoms. The molecule has 0 aromatic carbocycles. The average Bonchev–Trinajstić information content (AvgIpc) is 3.37. The highest BCUT2D eigenvalue weighted by Gasteiger charge is 2.71. The lowest BCUT2D eigenvalue weighted by molar-refractivity contribution is -0.375. The quantitative estimate of drug-likeness (QED) is 0.0756. The Morgan fingerprint density at radius 1 is 0.632 bits per heavy atom. The Bertz CT molecular complexity index is 2100. The molecule has 0 amide bonds. The van der Waals surface area contributed by atoms with Crippen LogP contribution >= 0.6 is 0 Å². The molecule has 4 saturated heterocycles. The smallest absolute Gasteiger partial charge is 0.315 e. The van der Waals surface area contributed by atoms with Gasteiger partial charge in [0.15, 0.2) is 18.9 Å². The van der Waals surface area contributed by atoms with E-state index < -0.39 is 171 Å². The first-order chi connectivity index (χ1) is 35.5. The van der Waals surface area contributed by atoms with E-state index in [1.54, 1.807) is 0 Å². The van der Waals surface area contributed by atoms with E-state index >= 15 is 4.79 Å². The maximum Gasteiger partial charge on any atom is 0.315 e. The van der Waals surface area contributed by atoms with Crippen molar-refractivity contribution in [3.63, 3.8) is 0 Å². The third kappa shape index (κ3) is 9.46. The van der Waals surface area contributed by atoms with Crippen molar-refractivity contribution in [1.29, 1.82) is 0 Å². The molecule has 4 heterocycles. The van der Waals surface area contributed by atoms with E-state index in [1.807, 2.05) is 6.92 Å². The van der Waals surface area contributed by atoms with Gasteiger partial charge >= 0.3 is 5.97 Å². The minimum atomic E-state index is -1.94. The second-order valence-corrected chi connectivity index (χ2v) is 25.9. The maximum atomic E-state index is 15.1. The number of aliphatic hydroxyl groups excluding tert-OH is 14. The topological polar surface area (TPSA) is 374 Å². The number of allylic oxidation sites excluding steroid dienone is 2. The molecule has 5 aliphatic carbocycles. The van der Waals surface area contributed by atoms with E-state index in [1.165, 1.54) is 12.5 Å². The molecule has 14 N–H and O–H groups in total. The summed E-state index contributed by atoms with van der Waals surface area (Å²) in [4.78, 5) is 15.1. The summed E-state index contributed by atoms with van der Waals surface area (Å²) < 4.78 is 46.2. The van der Waals surface area contributed by atoms with Crippen molar-refractivity contribution in [2.24, 2.45) is 50.2 Å². The molecule has 8 fully saturated rings. The molecule has 0 radical (unpaired) electrons.